The summed E-state index contributed by atoms with van der Waals surface area (Å²) in [5.41, 5.74) is 1.32. The highest BCUT2D eigenvalue weighted by molar-refractivity contribution is 5.11. The van der Waals surface area contributed by atoms with E-state index >= 15 is 0 Å². The van der Waals surface area contributed by atoms with E-state index in [-0.39, 0.29) is 0 Å². The summed E-state index contributed by atoms with van der Waals surface area (Å²) in [6.45, 7) is 7.03. The average molecular weight is 237 g/mol. The van der Waals surface area contributed by atoms with Gasteiger partial charge in [0.25, 0.3) is 0 Å². The molecule has 1 heterocycles. The van der Waals surface area contributed by atoms with E-state index in [0.29, 0.717) is 0 Å². The number of hydrogen-bond donors (Lipinski definition) is 1. The van der Waals surface area contributed by atoms with Gasteiger partial charge >= 0.3 is 0 Å². The Morgan fingerprint density at radius 3 is 2.06 bits per heavy atom. The van der Waals surface area contributed by atoms with Crippen molar-refractivity contribution in [1.29, 1.82) is 0 Å². The second-order valence-corrected chi connectivity index (χ2v) is 4.66. The summed E-state index contributed by atoms with van der Waals surface area (Å²) < 4.78 is 0. The SMILES string of the molecule is CC1CCCN(C)C1.CO.Cc1ccccc1. The molecule has 1 aliphatic rings. The third-order valence-electron chi connectivity index (χ3n) is 2.80. The summed E-state index contributed by atoms with van der Waals surface area (Å²) in [5.74, 6) is 0.939. The predicted molar refractivity (Wildman–Crippen MR) is 75.2 cm³/mol. The highest BCUT2D eigenvalue weighted by atomic mass is 16.2. The molecule has 1 saturated heterocycles. The maximum absolute atomic E-state index is 7.00. The monoisotopic (exact) mass is 237 g/mol. The van der Waals surface area contributed by atoms with Crippen molar-refractivity contribution >= 4 is 0 Å². The predicted octanol–water partition coefficient (Wildman–Crippen LogP) is 2.95. The van der Waals surface area contributed by atoms with Gasteiger partial charge in [-0.25, -0.2) is 0 Å². The van der Waals surface area contributed by atoms with E-state index in [1.807, 2.05) is 18.2 Å². The van der Waals surface area contributed by atoms with Crippen LogP contribution in [0.25, 0.3) is 0 Å². The van der Waals surface area contributed by atoms with Gasteiger partial charge in [-0.2, -0.15) is 0 Å². The van der Waals surface area contributed by atoms with Crippen molar-refractivity contribution in [3.63, 3.8) is 0 Å². The minimum absolute atomic E-state index is 0.939. The molecule has 1 aliphatic heterocycles. The third-order valence-corrected chi connectivity index (χ3v) is 2.80. The zero-order valence-electron chi connectivity index (χ0n) is 11.7. The zero-order valence-corrected chi connectivity index (χ0v) is 11.7. The molecule has 2 heteroatoms. The summed E-state index contributed by atoms with van der Waals surface area (Å²) in [6.07, 6.45) is 2.84. The Labute approximate surface area is 106 Å². The van der Waals surface area contributed by atoms with Crippen LogP contribution in [-0.4, -0.2) is 37.3 Å². The van der Waals surface area contributed by atoms with Gasteiger partial charge in [-0.3, -0.25) is 0 Å². The molecule has 1 fully saturated rings. The second-order valence-electron chi connectivity index (χ2n) is 4.66. The topological polar surface area (TPSA) is 23.5 Å². The van der Waals surface area contributed by atoms with Gasteiger partial charge in [-0.15, -0.1) is 0 Å². The third kappa shape index (κ3) is 8.90. The number of rotatable bonds is 0. The van der Waals surface area contributed by atoms with Crippen molar-refractivity contribution in [3.05, 3.63) is 35.9 Å². The summed E-state index contributed by atoms with van der Waals surface area (Å²) in [4.78, 5) is 2.41. The molecular weight excluding hydrogens is 210 g/mol. The fraction of sp³-hybridized carbons (Fsp3) is 0.600. The highest BCUT2D eigenvalue weighted by Gasteiger charge is 2.11. The fourth-order valence-corrected chi connectivity index (χ4v) is 1.96. The van der Waals surface area contributed by atoms with E-state index in [9.17, 15) is 0 Å². The Kier molecular flexibility index (Phi) is 9.78. The maximum atomic E-state index is 7.00. The molecule has 17 heavy (non-hydrogen) atoms. The van der Waals surface area contributed by atoms with Gasteiger partial charge in [0.15, 0.2) is 0 Å². The molecule has 1 aromatic rings. The first-order chi connectivity index (χ1) is 8.18. The number of aliphatic hydroxyl groups excluding tert-OH is 1. The zero-order chi connectivity index (χ0) is 13.1. The summed E-state index contributed by atoms with van der Waals surface area (Å²) in [7, 11) is 3.20. The summed E-state index contributed by atoms with van der Waals surface area (Å²) in [5, 5.41) is 7.00. The van der Waals surface area contributed by atoms with Crippen LogP contribution in [0.15, 0.2) is 30.3 Å². The number of aryl methyl sites for hydroxylation is 1. The van der Waals surface area contributed by atoms with Crippen LogP contribution in [0.2, 0.25) is 0 Å². The van der Waals surface area contributed by atoms with E-state index in [1.54, 1.807) is 0 Å². The van der Waals surface area contributed by atoms with Crippen molar-refractivity contribution in [2.24, 2.45) is 5.92 Å². The van der Waals surface area contributed by atoms with Gasteiger partial charge < -0.3 is 10.0 Å². The molecule has 0 amide bonds. The molecule has 1 aromatic carbocycles. The lowest BCUT2D eigenvalue weighted by molar-refractivity contribution is 0.221. The minimum atomic E-state index is 0.939. The largest absolute Gasteiger partial charge is 0.400 e. The van der Waals surface area contributed by atoms with E-state index in [2.05, 4.69) is 37.9 Å². The van der Waals surface area contributed by atoms with Gasteiger partial charge in [-0.1, -0.05) is 42.8 Å². The molecule has 2 rings (SSSR count). The molecule has 0 aromatic heterocycles. The lowest BCUT2D eigenvalue weighted by Gasteiger charge is -2.26. The number of likely N-dealkylation sites (tertiary alicyclic amines) is 1. The Morgan fingerprint density at radius 1 is 1.18 bits per heavy atom. The van der Waals surface area contributed by atoms with Crippen LogP contribution in [-0.2, 0) is 0 Å². The maximum Gasteiger partial charge on any atom is 0.0319 e. The molecule has 0 radical (unpaired) electrons. The van der Waals surface area contributed by atoms with Gasteiger partial charge in [0, 0.05) is 13.7 Å². The van der Waals surface area contributed by atoms with E-state index in [0.717, 1.165) is 13.0 Å². The quantitative estimate of drug-likeness (QED) is 0.750. The van der Waals surface area contributed by atoms with Gasteiger partial charge in [0.05, 0.1) is 0 Å². The van der Waals surface area contributed by atoms with E-state index < -0.39 is 0 Å². The fourth-order valence-electron chi connectivity index (χ4n) is 1.96. The molecule has 0 spiro atoms. The Balaban J connectivity index is 0.000000265. The number of hydrogen-bond acceptors (Lipinski definition) is 2. The molecule has 1 atom stereocenters. The van der Waals surface area contributed by atoms with Crippen molar-refractivity contribution in [2.45, 2.75) is 26.7 Å². The molecule has 0 aliphatic carbocycles. The van der Waals surface area contributed by atoms with Crippen LogP contribution < -0.4 is 0 Å². The van der Waals surface area contributed by atoms with Crippen LogP contribution >= 0.6 is 0 Å². The number of benzene rings is 1. The molecule has 2 nitrogen and oxygen atoms in total. The lowest BCUT2D eigenvalue weighted by Crippen LogP contribution is -2.30. The first-order valence-corrected chi connectivity index (χ1v) is 6.33. The molecular formula is C15H27NO. The smallest absolute Gasteiger partial charge is 0.0319 e. The molecule has 98 valence electrons. The first kappa shape index (κ1) is 16.1. The number of aliphatic hydroxyl groups is 1. The molecule has 0 bridgehead atoms. The number of piperidine rings is 1. The molecule has 1 unspecified atom stereocenters. The van der Waals surface area contributed by atoms with Crippen LogP contribution in [0.5, 0.6) is 0 Å². The van der Waals surface area contributed by atoms with Crippen molar-refractivity contribution in [3.8, 4) is 0 Å². The van der Waals surface area contributed by atoms with Crippen LogP contribution in [0, 0.1) is 12.8 Å². The average Bonchev–Trinajstić information content (AvgIpc) is 2.33. The molecule has 0 saturated carbocycles. The summed E-state index contributed by atoms with van der Waals surface area (Å²) in [6, 6.07) is 10.3. The Hall–Kier alpha value is -0.860. The Bertz CT molecular complexity index is 253. The normalized spacial score (nSPS) is 19.5. The molecule has 1 N–H and O–H groups in total. The van der Waals surface area contributed by atoms with Crippen molar-refractivity contribution < 1.29 is 5.11 Å². The Morgan fingerprint density at radius 2 is 1.76 bits per heavy atom. The van der Waals surface area contributed by atoms with E-state index in [1.165, 1.54) is 31.5 Å². The van der Waals surface area contributed by atoms with Crippen LogP contribution in [0.1, 0.15) is 25.3 Å². The highest BCUT2D eigenvalue weighted by Crippen LogP contribution is 2.12. The van der Waals surface area contributed by atoms with E-state index in [4.69, 9.17) is 5.11 Å². The first-order valence-electron chi connectivity index (χ1n) is 6.33. The second kappa shape index (κ2) is 10.3. The van der Waals surface area contributed by atoms with Crippen molar-refractivity contribution in [2.75, 3.05) is 27.2 Å². The van der Waals surface area contributed by atoms with Gasteiger partial charge in [0.2, 0.25) is 0 Å². The standard InChI is InChI=1S/C7H15N.C7H8.CH4O/c1-7-4-3-5-8(2)6-7;1-7-5-3-2-4-6-7;1-2/h7H,3-6H2,1-2H3;2-6H,1H3;2H,1H3. The number of nitrogens with zero attached hydrogens (tertiary/aromatic N) is 1. The van der Waals surface area contributed by atoms with Gasteiger partial charge in [-0.05, 0) is 39.3 Å². The van der Waals surface area contributed by atoms with Crippen LogP contribution in [0.3, 0.4) is 0 Å². The lowest BCUT2D eigenvalue weighted by atomic mass is 10.0. The van der Waals surface area contributed by atoms with Crippen LogP contribution in [0.4, 0.5) is 0 Å². The van der Waals surface area contributed by atoms with Crippen molar-refractivity contribution in [1.82, 2.24) is 4.90 Å². The summed E-state index contributed by atoms with van der Waals surface area (Å²) >= 11 is 0. The van der Waals surface area contributed by atoms with Gasteiger partial charge in [0.1, 0.15) is 0 Å². The minimum Gasteiger partial charge on any atom is -0.400 e.